The lowest BCUT2D eigenvalue weighted by molar-refractivity contribution is -0.125. The largest absolute Gasteiger partial charge is 0.289 e. The molecule has 0 fully saturated rings. The number of hydrogen-bond donors (Lipinski definition) is 1. The molecule has 3 heteroatoms. The third-order valence-corrected chi connectivity index (χ3v) is 1.79. The van der Waals surface area contributed by atoms with Gasteiger partial charge in [0.05, 0.1) is 0 Å². The van der Waals surface area contributed by atoms with Gasteiger partial charge < -0.3 is 0 Å². The van der Waals surface area contributed by atoms with Gasteiger partial charge in [0, 0.05) is 6.08 Å². The number of nitrogens with one attached hydrogen (secondary N) is 1. The van der Waals surface area contributed by atoms with Crippen molar-refractivity contribution < 1.29 is 9.59 Å². The Morgan fingerprint density at radius 2 is 1.69 bits per heavy atom. The van der Waals surface area contributed by atoms with Crippen molar-refractivity contribution >= 4 is 17.9 Å². The highest BCUT2D eigenvalue weighted by Gasteiger charge is 1.99. The van der Waals surface area contributed by atoms with Crippen LogP contribution in [-0.4, -0.2) is 11.8 Å². The Morgan fingerprint density at radius 3 is 2.31 bits per heavy atom. The summed E-state index contributed by atoms with van der Waals surface area (Å²) in [6.07, 6.45) is 5.85. The van der Waals surface area contributed by atoms with E-state index in [1.165, 1.54) is 12.2 Å². The van der Waals surface area contributed by atoms with E-state index in [0.717, 1.165) is 5.56 Å². The summed E-state index contributed by atoms with van der Waals surface area (Å²) in [5, 5.41) is 2.20. The minimum atomic E-state index is -0.424. The standard InChI is InChI=1S/C13H13NO2/c1-2-6-12(15)14-13(16)10-9-11-7-4-3-5-8-11/h2-10H,1H3,(H,14,15,16)/b6-2+,10-9+. The van der Waals surface area contributed by atoms with Crippen molar-refractivity contribution in [2.24, 2.45) is 0 Å². The molecule has 0 aromatic heterocycles. The van der Waals surface area contributed by atoms with Crippen LogP contribution in [0, 0.1) is 0 Å². The number of allylic oxidation sites excluding steroid dienone is 1. The van der Waals surface area contributed by atoms with Gasteiger partial charge in [0.2, 0.25) is 5.91 Å². The third-order valence-electron chi connectivity index (χ3n) is 1.79. The van der Waals surface area contributed by atoms with Gasteiger partial charge in [-0.2, -0.15) is 0 Å². The average molecular weight is 215 g/mol. The summed E-state index contributed by atoms with van der Waals surface area (Å²) < 4.78 is 0. The van der Waals surface area contributed by atoms with E-state index in [2.05, 4.69) is 5.32 Å². The van der Waals surface area contributed by atoms with E-state index in [4.69, 9.17) is 0 Å². The van der Waals surface area contributed by atoms with Gasteiger partial charge in [0.1, 0.15) is 0 Å². The normalized spacial score (nSPS) is 10.8. The van der Waals surface area contributed by atoms with Crippen molar-refractivity contribution in [3.63, 3.8) is 0 Å². The number of carbonyl (C=O) groups excluding carboxylic acids is 2. The minimum absolute atomic E-state index is 0.412. The van der Waals surface area contributed by atoms with Gasteiger partial charge in [0.25, 0.3) is 5.91 Å². The van der Waals surface area contributed by atoms with E-state index in [1.54, 1.807) is 19.1 Å². The fourth-order valence-electron chi connectivity index (χ4n) is 1.09. The topological polar surface area (TPSA) is 46.2 Å². The summed E-state index contributed by atoms with van der Waals surface area (Å²) in [6.45, 7) is 1.71. The van der Waals surface area contributed by atoms with Gasteiger partial charge in [-0.1, -0.05) is 36.4 Å². The van der Waals surface area contributed by atoms with Crippen LogP contribution < -0.4 is 5.32 Å². The maximum absolute atomic E-state index is 11.2. The van der Waals surface area contributed by atoms with Crippen LogP contribution in [0.15, 0.2) is 48.6 Å². The molecule has 0 saturated heterocycles. The summed E-state index contributed by atoms with van der Waals surface area (Å²) >= 11 is 0. The fraction of sp³-hybridized carbons (Fsp3) is 0.0769. The fourth-order valence-corrected chi connectivity index (χ4v) is 1.09. The van der Waals surface area contributed by atoms with Gasteiger partial charge in [-0.15, -0.1) is 0 Å². The molecule has 0 spiro atoms. The first-order valence-corrected chi connectivity index (χ1v) is 4.93. The zero-order chi connectivity index (χ0) is 11.8. The molecule has 0 bridgehead atoms. The van der Waals surface area contributed by atoms with Gasteiger partial charge in [0.15, 0.2) is 0 Å². The molecule has 2 amide bonds. The first-order valence-electron chi connectivity index (χ1n) is 4.93. The Morgan fingerprint density at radius 1 is 1.06 bits per heavy atom. The lowest BCUT2D eigenvalue weighted by atomic mass is 10.2. The summed E-state index contributed by atoms with van der Waals surface area (Å²) in [7, 11) is 0. The molecule has 0 unspecified atom stereocenters. The Balaban J connectivity index is 2.52. The van der Waals surface area contributed by atoms with Crippen LogP contribution in [0.25, 0.3) is 6.08 Å². The molecule has 1 N–H and O–H groups in total. The van der Waals surface area contributed by atoms with Crippen LogP contribution in [0.2, 0.25) is 0 Å². The number of rotatable bonds is 3. The van der Waals surface area contributed by atoms with Gasteiger partial charge in [-0.3, -0.25) is 14.9 Å². The summed E-state index contributed by atoms with van der Waals surface area (Å²) in [5.41, 5.74) is 0.913. The van der Waals surface area contributed by atoms with Crippen molar-refractivity contribution in [2.75, 3.05) is 0 Å². The van der Waals surface area contributed by atoms with Crippen molar-refractivity contribution in [1.29, 1.82) is 0 Å². The summed E-state index contributed by atoms with van der Waals surface area (Å²) in [5.74, 6) is -0.836. The van der Waals surface area contributed by atoms with Gasteiger partial charge in [-0.05, 0) is 24.6 Å². The molecule has 1 aromatic carbocycles. The number of benzene rings is 1. The molecule has 0 aliphatic carbocycles. The second-order valence-electron chi connectivity index (χ2n) is 3.10. The maximum atomic E-state index is 11.2. The van der Waals surface area contributed by atoms with Crippen LogP contribution in [0.3, 0.4) is 0 Å². The predicted molar refractivity (Wildman–Crippen MR) is 63.4 cm³/mol. The Hall–Kier alpha value is -2.16. The van der Waals surface area contributed by atoms with Gasteiger partial charge >= 0.3 is 0 Å². The monoisotopic (exact) mass is 215 g/mol. The van der Waals surface area contributed by atoms with Crippen molar-refractivity contribution in [3.05, 3.63) is 54.1 Å². The van der Waals surface area contributed by atoms with Crippen LogP contribution in [0.1, 0.15) is 12.5 Å². The molecule has 1 rings (SSSR count). The Labute approximate surface area is 94.5 Å². The maximum Gasteiger partial charge on any atom is 0.250 e. The van der Waals surface area contributed by atoms with Crippen LogP contribution in [0.4, 0.5) is 0 Å². The molecule has 0 radical (unpaired) electrons. The van der Waals surface area contributed by atoms with Crippen molar-refractivity contribution in [3.8, 4) is 0 Å². The quantitative estimate of drug-likeness (QED) is 0.783. The molecule has 1 aromatic rings. The predicted octanol–water partition coefficient (Wildman–Crippen LogP) is 1.92. The molecule has 0 atom stereocenters. The van der Waals surface area contributed by atoms with E-state index < -0.39 is 11.8 Å². The second kappa shape index (κ2) is 6.35. The molecule has 0 saturated carbocycles. The SMILES string of the molecule is C/C=C/C(=O)NC(=O)/C=C/c1ccccc1. The van der Waals surface area contributed by atoms with Crippen molar-refractivity contribution in [1.82, 2.24) is 5.32 Å². The second-order valence-corrected chi connectivity index (χ2v) is 3.10. The van der Waals surface area contributed by atoms with E-state index in [9.17, 15) is 9.59 Å². The average Bonchev–Trinajstić information content (AvgIpc) is 2.28. The summed E-state index contributed by atoms with van der Waals surface area (Å²) in [4.78, 5) is 22.3. The lowest BCUT2D eigenvalue weighted by Gasteiger charge is -1.95. The van der Waals surface area contributed by atoms with E-state index >= 15 is 0 Å². The van der Waals surface area contributed by atoms with Crippen LogP contribution >= 0.6 is 0 Å². The molecular formula is C13H13NO2. The minimum Gasteiger partial charge on any atom is -0.289 e. The molecule has 0 aliphatic rings. The lowest BCUT2D eigenvalue weighted by Crippen LogP contribution is -2.26. The molecular weight excluding hydrogens is 202 g/mol. The summed E-state index contributed by atoms with van der Waals surface area (Å²) in [6, 6.07) is 9.40. The van der Waals surface area contributed by atoms with E-state index in [-0.39, 0.29) is 0 Å². The van der Waals surface area contributed by atoms with Crippen LogP contribution in [-0.2, 0) is 9.59 Å². The molecule has 0 heterocycles. The highest BCUT2D eigenvalue weighted by molar-refractivity contribution is 6.06. The molecule has 0 aliphatic heterocycles. The van der Waals surface area contributed by atoms with Crippen LogP contribution in [0.5, 0.6) is 0 Å². The molecule has 3 nitrogen and oxygen atoms in total. The van der Waals surface area contributed by atoms with E-state index in [0.29, 0.717) is 0 Å². The molecule has 16 heavy (non-hydrogen) atoms. The van der Waals surface area contributed by atoms with E-state index in [1.807, 2.05) is 30.3 Å². The first kappa shape index (κ1) is 11.9. The first-order chi connectivity index (χ1) is 7.72. The zero-order valence-electron chi connectivity index (χ0n) is 9.01. The molecule has 82 valence electrons. The smallest absolute Gasteiger partial charge is 0.250 e. The Bertz CT molecular complexity index is 419. The highest BCUT2D eigenvalue weighted by atomic mass is 16.2. The third kappa shape index (κ3) is 4.37. The van der Waals surface area contributed by atoms with Gasteiger partial charge in [-0.25, -0.2) is 0 Å². The number of imide groups is 1. The highest BCUT2D eigenvalue weighted by Crippen LogP contribution is 2.00. The van der Waals surface area contributed by atoms with Crippen molar-refractivity contribution in [2.45, 2.75) is 6.92 Å². The number of hydrogen-bond acceptors (Lipinski definition) is 2. The zero-order valence-corrected chi connectivity index (χ0v) is 9.01. The number of carbonyl (C=O) groups is 2. The number of amides is 2. The Kier molecular flexibility index (Phi) is 4.73.